The molecule has 1 atom stereocenters. The molecule has 0 spiro atoms. The van der Waals surface area contributed by atoms with Crippen molar-refractivity contribution in [1.29, 1.82) is 0 Å². The Kier molecular flexibility index (Phi) is 8.05. The van der Waals surface area contributed by atoms with Gasteiger partial charge in [0.25, 0.3) is 5.91 Å². The average Bonchev–Trinajstić information content (AvgIpc) is 3.04. The number of rotatable bonds is 11. The molecule has 2 aliphatic heterocycles. The molecule has 2 N–H and O–H groups in total. The Bertz CT molecular complexity index is 758. The molecule has 0 saturated carbocycles. The summed E-state index contributed by atoms with van der Waals surface area (Å²) in [6, 6.07) is 5.07. The number of benzene rings is 1. The monoisotopic (exact) mass is 421 g/mol. The molecule has 1 fully saturated rings. The highest BCUT2D eigenvalue weighted by atomic mass is 32.2. The summed E-state index contributed by atoms with van der Waals surface area (Å²) < 4.78 is 11.0. The van der Waals surface area contributed by atoms with E-state index in [9.17, 15) is 14.4 Å². The minimum atomic E-state index is -0.586. The number of nitrogens with zero attached hydrogens (tertiary/aromatic N) is 1. The number of thioether (sulfide) groups is 1. The quantitative estimate of drug-likeness (QED) is 0.310. The zero-order valence-electron chi connectivity index (χ0n) is 16.6. The molecular weight excluding hydrogens is 394 g/mol. The summed E-state index contributed by atoms with van der Waals surface area (Å²) in [4.78, 5) is 39.0. The Morgan fingerprint density at radius 2 is 1.97 bits per heavy atom. The molecule has 0 aliphatic carbocycles. The van der Waals surface area contributed by atoms with Crippen LogP contribution >= 0.6 is 11.8 Å². The van der Waals surface area contributed by atoms with Crippen LogP contribution in [0, 0.1) is 0 Å². The highest BCUT2D eigenvalue weighted by Crippen LogP contribution is 2.34. The maximum absolute atomic E-state index is 12.8. The average molecular weight is 422 g/mol. The molecule has 1 saturated heterocycles. The van der Waals surface area contributed by atoms with Crippen LogP contribution in [0.5, 0.6) is 0 Å². The lowest BCUT2D eigenvalue weighted by atomic mass is 10.0. The summed E-state index contributed by atoms with van der Waals surface area (Å²) in [6.07, 6.45) is 0.630. The van der Waals surface area contributed by atoms with Gasteiger partial charge in [0.05, 0.1) is 26.4 Å². The van der Waals surface area contributed by atoms with E-state index in [4.69, 9.17) is 9.47 Å². The Morgan fingerprint density at radius 3 is 2.72 bits per heavy atom. The predicted molar refractivity (Wildman–Crippen MR) is 109 cm³/mol. The van der Waals surface area contributed by atoms with Crippen molar-refractivity contribution in [3.05, 3.63) is 29.3 Å². The van der Waals surface area contributed by atoms with Crippen LogP contribution in [0.3, 0.4) is 0 Å². The maximum atomic E-state index is 12.8. The minimum absolute atomic E-state index is 0.146. The first-order valence-corrected chi connectivity index (χ1v) is 10.8. The second kappa shape index (κ2) is 10.7. The SMILES string of the molecule is CNCCOCCOCCSc1cccc2c1CN(C1CCC(=O)NC1=O)C2=O. The number of likely N-dealkylation sites (N-methyl/N-ethyl adjacent to an activating group) is 1. The van der Waals surface area contributed by atoms with E-state index in [-0.39, 0.29) is 24.1 Å². The van der Waals surface area contributed by atoms with Crippen molar-refractivity contribution in [2.24, 2.45) is 0 Å². The third-order valence-electron chi connectivity index (χ3n) is 4.89. The fourth-order valence-electron chi connectivity index (χ4n) is 3.40. The Balaban J connectivity index is 1.49. The minimum Gasteiger partial charge on any atom is -0.378 e. The number of carbonyl (C=O) groups is 3. The maximum Gasteiger partial charge on any atom is 0.255 e. The van der Waals surface area contributed by atoms with Crippen molar-refractivity contribution in [2.75, 3.05) is 45.8 Å². The summed E-state index contributed by atoms with van der Waals surface area (Å²) in [5.74, 6) is -0.0486. The molecule has 1 aromatic carbocycles. The van der Waals surface area contributed by atoms with Crippen LogP contribution in [-0.4, -0.2) is 74.4 Å². The zero-order valence-corrected chi connectivity index (χ0v) is 17.4. The van der Waals surface area contributed by atoms with Gasteiger partial charge in [0.1, 0.15) is 6.04 Å². The van der Waals surface area contributed by atoms with E-state index in [1.807, 2.05) is 19.2 Å². The molecule has 0 bridgehead atoms. The van der Waals surface area contributed by atoms with Crippen LogP contribution < -0.4 is 10.6 Å². The van der Waals surface area contributed by atoms with Gasteiger partial charge >= 0.3 is 0 Å². The van der Waals surface area contributed by atoms with Crippen LogP contribution in [0.1, 0.15) is 28.8 Å². The third-order valence-corrected chi connectivity index (χ3v) is 5.96. The molecule has 2 heterocycles. The van der Waals surface area contributed by atoms with Crippen molar-refractivity contribution >= 4 is 29.5 Å². The van der Waals surface area contributed by atoms with E-state index in [0.717, 1.165) is 22.8 Å². The van der Waals surface area contributed by atoms with Crippen molar-refractivity contribution in [3.63, 3.8) is 0 Å². The fraction of sp³-hybridized carbons (Fsp3) is 0.550. The number of piperidine rings is 1. The zero-order chi connectivity index (χ0) is 20.6. The second-order valence-corrected chi connectivity index (χ2v) is 8.00. The Hall–Kier alpha value is -1.94. The predicted octanol–water partition coefficient (Wildman–Crippen LogP) is 0.792. The number of ether oxygens (including phenoxy) is 2. The highest BCUT2D eigenvalue weighted by molar-refractivity contribution is 7.99. The number of amides is 3. The van der Waals surface area contributed by atoms with E-state index in [1.54, 1.807) is 22.7 Å². The van der Waals surface area contributed by atoms with Gasteiger partial charge in [0, 0.05) is 35.7 Å². The number of carbonyl (C=O) groups excluding carboxylic acids is 3. The van der Waals surface area contributed by atoms with Gasteiger partial charge in [-0.15, -0.1) is 11.8 Å². The molecular formula is C20H27N3O5S. The fourth-order valence-corrected chi connectivity index (χ4v) is 4.34. The smallest absolute Gasteiger partial charge is 0.255 e. The first-order valence-electron chi connectivity index (χ1n) is 9.81. The van der Waals surface area contributed by atoms with Gasteiger partial charge < -0.3 is 19.7 Å². The third kappa shape index (κ3) is 5.57. The number of hydrogen-bond acceptors (Lipinski definition) is 7. The van der Waals surface area contributed by atoms with Gasteiger partial charge in [0.15, 0.2) is 0 Å². The molecule has 29 heavy (non-hydrogen) atoms. The lowest BCUT2D eigenvalue weighted by Crippen LogP contribution is -2.52. The van der Waals surface area contributed by atoms with E-state index < -0.39 is 6.04 Å². The van der Waals surface area contributed by atoms with Gasteiger partial charge in [-0.25, -0.2) is 0 Å². The van der Waals surface area contributed by atoms with Crippen LogP contribution in [-0.2, 0) is 25.6 Å². The van der Waals surface area contributed by atoms with Crippen LogP contribution in [0.4, 0.5) is 0 Å². The van der Waals surface area contributed by atoms with Crippen molar-refractivity contribution in [2.45, 2.75) is 30.3 Å². The molecule has 0 aromatic heterocycles. The molecule has 158 valence electrons. The van der Waals surface area contributed by atoms with Crippen molar-refractivity contribution < 1.29 is 23.9 Å². The molecule has 3 amide bonds. The summed E-state index contributed by atoms with van der Waals surface area (Å²) in [7, 11) is 1.88. The molecule has 3 rings (SSSR count). The van der Waals surface area contributed by atoms with Gasteiger partial charge in [0.2, 0.25) is 11.8 Å². The molecule has 1 aromatic rings. The molecule has 0 radical (unpaired) electrons. The summed E-state index contributed by atoms with van der Waals surface area (Å²) in [6.45, 7) is 3.60. The first kappa shape index (κ1) is 21.8. The van der Waals surface area contributed by atoms with Gasteiger partial charge in [-0.2, -0.15) is 0 Å². The number of fused-ring (bicyclic) bond motifs is 1. The van der Waals surface area contributed by atoms with E-state index in [2.05, 4.69) is 10.6 Å². The molecule has 1 unspecified atom stereocenters. The summed E-state index contributed by atoms with van der Waals surface area (Å²) in [5, 5.41) is 5.35. The van der Waals surface area contributed by atoms with E-state index >= 15 is 0 Å². The molecule has 2 aliphatic rings. The Morgan fingerprint density at radius 1 is 1.17 bits per heavy atom. The lowest BCUT2D eigenvalue weighted by molar-refractivity contribution is -0.136. The van der Waals surface area contributed by atoms with E-state index in [0.29, 0.717) is 45.0 Å². The lowest BCUT2D eigenvalue weighted by Gasteiger charge is -2.29. The Labute approximate surface area is 174 Å². The molecule has 9 heteroatoms. The molecule has 8 nitrogen and oxygen atoms in total. The van der Waals surface area contributed by atoms with Gasteiger partial charge in [-0.1, -0.05) is 6.07 Å². The second-order valence-electron chi connectivity index (χ2n) is 6.86. The largest absolute Gasteiger partial charge is 0.378 e. The van der Waals surface area contributed by atoms with Crippen molar-refractivity contribution in [1.82, 2.24) is 15.5 Å². The van der Waals surface area contributed by atoms with Gasteiger partial charge in [-0.3, -0.25) is 19.7 Å². The first-order chi connectivity index (χ1) is 14.1. The summed E-state index contributed by atoms with van der Waals surface area (Å²) >= 11 is 1.64. The number of nitrogens with one attached hydrogen (secondary N) is 2. The topological polar surface area (TPSA) is 97.0 Å². The summed E-state index contributed by atoms with van der Waals surface area (Å²) in [5.41, 5.74) is 1.58. The van der Waals surface area contributed by atoms with Crippen molar-refractivity contribution in [3.8, 4) is 0 Å². The van der Waals surface area contributed by atoms with Crippen LogP contribution in [0.2, 0.25) is 0 Å². The number of hydrogen-bond donors (Lipinski definition) is 2. The highest BCUT2D eigenvalue weighted by Gasteiger charge is 2.39. The van der Waals surface area contributed by atoms with Crippen LogP contribution in [0.15, 0.2) is 23.1 Å². The van der Waals surface area contributed by atoms with E-state index in [1.165, 1.54) is 0 Å². The number of imide groups is 1. The van der Waals surface area contributed by atoms with Crippen LogP contribution in [0.25, 0.3) is 0 Å². The normalized spacial score (nSPS) is 18.9. The van der Waals surface area contributed by atoms with Gasteiger partial charge in [-0.05, 0) is 31.2 Å². The standard InChI is InChI=1S/C20H27N3O5S/c1-21-7-8-27-9-10-28-11-12-29-17-4-2-3-14-15(17)13-23(20(14)26)16-5-6-18(24)22-19(16)25/h2-4,16,21H,5-13H2,1H3,(H,22,24,25).